The van der Waals surface area contributed by atoms with Crippen molar-refractivity contribution in [2.45, 2.75) is 44.6 Å². The molecule has 98 valence electrons. The van der Waals surface area contributed by atoms with E-state index in [1.807, 2.05) is 0 Å². The van der Waals surface area contributed by atoms with Crippen molar-refractivity contribution < 1.29 is 4.79 Å². The molecule has 0 spiro atoms. The Morgan fingerprint density at radius 2 is 2.28 bits per heavy atom. The highest BCUT2D eigenvalue weighted by molar-refractivity contribution is 5.77. The molecular formula is C14H21N3O. The smallest absolute Gasteiger partial charge is 0.222 e. The van der Waals surface area contributed by atoms with E-state index in [0.717, 1.165) is 45.3 Å². The van der Waals surface area contributed by atoms with Crippen LogP contribution in [0.5, 0.6) is 0 Å². The summed E-state index contributed by atoms with van der Waals surface area (Å²) in [4.78, 5) is 14.3. The average molecular weight is 247 g/mol. The molecule has 2 heterocycles. The minimum absolute atomic E-state index is 0.150. The van der Waals surface area contributed by atoms with E-state index in [9.17, 15) is 4.79 Å². The predicted octanol–water partition coefficient (Wildman–Crippen LogP) is 1.28. The molecule has 2 unspecified atom stereocenters. The van der Waals surface area contributed by atoms with Gasteiger partial charge >= 0.3 is 0 Å². The van der Waals surface area contributed by atoms with E-state index < -0.39 is 0 Å². The van der Waals surface area contributed by atoms with E-state index in [1.54, 1.807) is 0 Å². The van der Waals surface area contributed by atoms with Gasteiger partial charge in [-0.2, -0.15) is 5.26 Å². The van der Waals surface area contributed by atoms with Crippen molar-refractivity contribution in [1.29, 1.82) is 5.26 Å². The van der Waals surface area contributed by atoms with Crippen molar-refractivity contribution in [3.8, 4) is 6.07 Å². The molecule has 1 amide bonds. The van der Waals surface area contributed by atoms with Gasteiger partial charge in [-0.25, -0.2) is 0 Å². The molecule has 2 saturated heterocycles. The van der Waals surface area contributed by atoms with Gasteiger partial charge in [-0.15, -0.1) is 0 Å². The van der Waals surface area contributed by atoms with Gasteiger partial charge in [0.15, 0.2) is 0 Å². The summed E-state index contributed by atoms with van der Waals surface area (Å²) in [6.07, 6.45) is 5.69. The van der Waals surface area contributed by atoms with Gasteiger partial charge in [0, 0.05) is 30.8 Å². The first-order chi connectivity index (χ1) is 8.74. The molecular weight excluding hydrogens is 226 g/mol. The summed E-state index contributed by atoms with van der Waals surface area (Å²) < 4.78 is 0. The largest absolute Gasteiger partial charge is 0.339 e. The Balaban J connectivity index is 1.72. The van der Waals surface area contributed by atoms with Crippen LogP contribution in [-0.4, -0.2) is 36.5 Å². The number of nitrogens with one attached hydrogen (secondary N) is 1. The summed E-state index contributed by atoms with van der Waals surface area (Å²) in [7, 11) is 0. The lowest BCUT2D eigenvalue weighted by atomic mass is 9.83. The van der Waals surface area contributed by atoms with Gasteiger partial charge < -0.3 is 10.2 Å². The fourth-order valence-corrected chi connectivity index (χ4v) is 3.55. The van der Waals surface area contributed by atoms with Gasteiger partial charge in [0.2, 0.25) is 5.91 Å². The van der Waals surface area contributed by atoms with E-state index in [-0.39, 0.29) is 5.41 Å². The number of hydrogen-bond acceptors (Lipinski definition) is 3. The van der Waals surface area contributed by atoms with Crippen molar-refractivity contribution >= 4 is 5.91 Å². The van der Waals surface area contributed by atoms with Gasteiger partial charge in [-0.05, 0) is 44.7 Å². The van der Waals surface area contributed by atoms with Crippen LogP contribution in [0.4, 0.5) is 0 Å². The molecule has 0 aromatic carbocycles. The van der Waals surface area contributed by atoms with E-state index >= 15 is 0 Å². The van der Waals surface area contributed by atoms with Crippen LogP contribution in [0, 0.1) is 22.7 Å². The van der Waals surface area contributed by atoms with Crippen molar-refractivity contribution in [2.75, 3.05) is 19.6 Å². The van der Waals surface area contributed by atoms with Gasteiger partial charge in [0.05, 0.1) is 6.07 Å². The normalized spacial score (nSPS) is 33.7. The number of amides is 1. The highest BCUT2D eigenvalue weighted by Crippen LogP contribution is 2.50. The molecule has 1 aliphatic carbocycles. The standard InChI is InChI=1S/C14H21N3O/c15-7-6-14(4-5-14)10-17-12-3-8-16-9-11(12)1-2-13(17)18/h11-12,16H,1-6,8-10H2. The molecule has 3 aliphatic rings. The van der Waals surface area contributed by atoms with Crippen LogP contribution >= 0.6 is 0 Å². The minimum atomic E-state index is 0.150. The van der Waals surface area contributed by atoms with Crippen LogP contribution < -0.4 is 5.32 Å². The number of likely N-dealkylation sites (tertiary alicyclic amines) is 1. The first-order valence-electron chi connectivity index (χ1n) is 7.11. The Kier molecular flexibility index (Phi) is 3.03. The van der Waals surface area contributed by atoms with Crippen molar-refractivity contribution in [3.63, 3.8) is 0 Å². The molecule has 2 aliphatic heterocycles. The molecule has 4 heteroatoms. The molecule has 0 bridgehead atoms. The number of hydrogen-bond donors (Lipinski definition) is 1. The Bertz CT molecular complexity index is 383. The zero-order valence-electron chi connectivity index (χ0n) is 10.8. The monoisotopic (exact) mass is 247 g/mol. The second-order valence-corrected chi connectivity index (χ2v) is 6.22. The average Bonchev–Trinajstić information content (AvgIpc) is 3.14. The molecule has 0 aromatic rings. The summed E-state index contributed by atoms with van der Waals surface area (Å²) in [6.45, 7) is 2.91. The van der Waals surface area contributed by atoms with Crippen LogP contribution in [0.1, 0.15) is 38.5 Å². The van der Waals surface area contributed by atoms with Crippen molar-refractivity contribution in [1.82, 2.24) is 10.2 Å². The highest BCUT2D eigenvalue weighted by Gasteiger charge is 2.47. The number of piperidine rings is 2. The predicted molar refractivity (Wildman–Crippen MR) is 67.6 cm³/mol. The summed E-state index contributed by atoms with van der Waals surface area (Å²) in [5.74, 6) is 0.955. The van der Waals surface area contributed by atoms with Crippen LogP contribution in [0.2, 0.25) is 0 Å². The van der Waals surface area contributed by atoms with Crippen LogP contribution in [-0.2, 0) is 4.79 Å². The third-order valence-corrected chi connectivity index (χ3v) is 4.93. The Morgan fingerprint density at radius 3 is 3.00 bits per heavy atom. The van der Waals surface area contributed by atoms with E-state index in [1.165, 1.54) is 0 Å². The fraction of sp³-hybridized carbons (Fsp3) is 0.857. The Hall–Kier alpha value is -1.08. The number of carbonyl (C=O) groups excluding carboxylic acids is 1. The molecule has 1 saturated carbocycles. The number of carbonyl (C=O) groups is 1. The molecule has 1 N–H and O–H groups in total. The van der Waals surface area contributed by atoms with E-state index in [2.05, 4.69) is 16.3 Å². The number of nitrogens with zero attached hydrogens (tertiary/aromatic N) is 2. The lowest BCUT2D eigenvalue weighted by Crippen LogP contribution is -2.56. The van der Waals surface area contributed by atoms with Gasteiger partial charge in [0.25, 0.3) is 0 Å². The van der Waals surface area contributed by atoms with E-state index in [0.29, 0.717) is 30.7 Å². The zero-order valence-corrected chi connectivity index (χ0v) is 10.8. The molecule has 3 rings (SSSR count). The maximum absolute atomic E-state index is 12.2. The summed E-state index contributed by atoms with van der Waals surface area (Å²) in [5.41, 5.74) is 0.150. The molecule has 2 atom stereocenters. The number of fused-ring (bicyclic) bond motifs is 1. The Morgan fingerprint density at radius 1 is 1.44 bits per heavy atom. The van der Waals surface area contributed by atoms with Crippen molar-refractivity contribution in [2.24, 2.45) is 11.3 Å². The highest BCUT2D eigenvalue weighted by atomic mass is 16.2. The summed E-state index contributed by atoms with van der Waals surface area (Å²) >= 11 is 0. The van der Waals surface area contributed by atoms with E-state index in [4.69, 9.17) is 5.26 Å². The van der Waals surface area contributed by atoms with Gasteiger partial charge in [-0.3, -0.25) is 4.79 Å². The molecule has 18 heavy (non-hydrogen) atoms. The third kappa shape index (κ3) is 2.12. The lowest BCUT2D eigenvalue weighted by Gasteiger charge is -2.45. The molecule has 0 radical (unpaired) electrons. The topological polar surface area (TPSA) is 56.1 Å². The number of rotatable bonds is 3. The maximum Gasteiger partial charge on any atom is 0.222 e. The molecule has 0 aromatic heterocycles. The first kappa shape index (κ1) is 12.0. The fourth-order valence-electron chi connectivity index (χ4n) is 3.55. The van der Waals surface area contributed by atoms with Crippen LogP contribution in [0.3, 0.4) is 0 Å². The summed E-state index contributed by atoms with van der Waals surface area (Å²) in [5, 5.41) is 12.3. The minimum Gasteiger partial charge on any atom is -0.339 e. The van der Waals surface area contributed by atoms with Gasteiger partial charge in [0.1, 0.15) is 0 Å². The SMILES string of the molecule is N#CCC1(CN2C(=O)CCC3CNCCC32)CC1. The summed E-state index contributed by atoms with van der Waals surface area (Å²) in [6, 6.07) is 2.73. The second kappa shape index (κ2) is 4.55. The quantitative estimate of drug-likeness (QED) is 0.817. The molecule has 3 fully saturated rings. The van der Waals surface area contributed by atoms with Crippen LogP contribution in [0.25, 0.3) is 0 Å². The maximum atomic E-state index is 12.2. The second-order valence-electron chi connectivity index (χ2n) is 6.22. The van der Waals surface area contributed by atoms with Gasteiger partial charge in [-0.1, -0.05) is 0 Å². The van der Waals surface area contributed by atoms with Crippen LogP contribution in [0.15, 0.2) is 0 Å². The third-order valence-electron chi connectivity index (χ3n) is 4.93. The number of nitriles is 1. The zero-order chi connectivity index (χ0) is 12.6. The Labute approximate surface area is 108 Å². The van der Waals surface area contributed by atoms with Crippen molar-refractivity contribution in [3.05, 3.63) is 0 Å². The molecule has 4 nitrogen and oxygen atoms in total. The lowest BCUT2D eigenvalue weighted by molar-refractivity contribution is -0.140. The first-order valence-corrected chi connectivity index (χ1v) is 7.11.